The van der Waals surface area contributed by atoms with Gasteiger partial charge in [-0.1, -0.05) is 40.5 Å². The SMILES string of the molecule is CSCCCC1(C)CN(C(=O)N(C)c2ccc(Br)cc2)N=C1c1ccc(C(F)(F)F)c(Cl)c1. The van der Waals surface area contributed by atoms with E-state index in [1.54, 1.807) is 18.8 Å². The summed E-state index contributed by atoms with van der Waals surface area (Å²) in [6.45, 7) is 2.32. The number of alkyl halides is 3. The van der Waals surface area contributed by atoms with Gasteiger partial charge in [0.1, 0.15) is 0 Å². The minimum absolute atomic E-state index is 0.318. The number of hydrazone groups is 1. The molecule has 1 heterocycles. The second-order valence-corrected chi connectivity index (χ2v) is 10.5. The number of anilines is 1. The summed E-state index contributed by atoms with van der Waals surface area (Å²) in [6.07, 6.45) is -0.901. The van der Waals surface area contributed by atoms with Gasteiger partial charge >= 0.3 is 12.2 Å². The largest absolute Gasteiger partial charge is 0.417 e. The van der Waals surface area contributed by atoms with Gasteiger partial charge in [-0.2, -0.15) is 30.0 Å². The minimum atomic E-state index is -4.54. The number of nitrogens with zero attached hydrogens (tertiary/aromatic N) is 3. The Morgan fingerprint density at radius 3 is 2.52 bits per heavy atom. The van der Waals surface area contributed by atoms with Gasteiger partial charge in [-0.05, 0) is 66.8 Å². The maximum absolute atomic E-state index is 13.2. The van der Waals surface area contributed by atoms with E-state index < -0.39 is 17.2 Å². The van der Waals surface area contributed by atoms with E-state index in [0.29, 0.717) is 23.5 Å². The molecule has 2 aromatic rings. The van der Waals surface area contributed by atoms with Crippen LogP contribution in [0.25, 0.3) is 0 Å². The quantitative estimate of drug-likeness (QED) is 0.341. The van der Waals surface area contributed by atoms with Crippen LogP contribution in [0.3, 0.4) is 0 Å². The third-order valence-corrected chi connectivity index (χ3v) is 7.18. The summed E-state index contributed by atoms with van der Waals surface area (Å²) in [7, 11) is 1.67. The maximum Gasteiger partial charge on any atom is 0.417 e. The second kappa shape index (κ2) is 10.3. The number of amides is 2. The molecule has 2 amide bonds. The molecule has 1 unspecified atom stereocenters. The molecule has 3 rings (SSSR count). The molecule has 0 saturated carbocycles. The Morgan fingerprint density at radius 1 is 1.27 bits per heavy atom. The van der Waals surface area contributed by atoms with Crippen molar-refractivity contribution in [1.29, 1.82) is 0 Å². The second-order valence-electron chi connectivity index (χ2n) is 8.17. The lowest BCUT2D eigenvalue weighted by Crippen LogP contribution is -2.40. The molecule has 4 nitrogen and oxygen atoms in total. The highest BCUT2D eigenvalue weighted by molar-refractivity contribution is 9.10. The van der Waals surface area contributed by atoms with Crippen molar-refractivity contribution in [2.24, 2.45) is 10.5 Å². The number of benzene rings is 2. The first-order valence-electron chi connectivity index (χ1n) is 10.2. The Kier molecular flexibility index (Phi) is 8.07. The zero-order valence-corrected chi connectivity index (χ0v) is 21.6. The van der Waals surface area contributed by atoms with Crippen molar-refractivity contribution in [3.63, 3.8) is 0 Å². The summed E-state index contributed by atoms with van der Waals surface area (Å²) in [4.78, 5) is 14.7. The highest BCUT2D eigenvalue weighted by Gasteiger charge is 2.42. The zero-order chi connectivity index (χ0) is 24.4. The van der Waals surface area contributed by atoms with Crippen molar-refractivity contribution in [3.8, 4) is 0 Å². The van der Waals surface area contributed by atoms with Crippen LogP contribution in [0.4, 0.5) is 23.7 Å². The molecule has 0 saturated heterocycles. The van der Waals surface area contributed by atoms with Gasteiger partial charge in [0.2, 0.25) is 0 Å². The molecule has 0 N–H and O–H groups in total. The normalized spacial score (nSPS) is 18.4. The number of hydrogen-bond acceptors (Lipinski definition) is 3. The summed E-state index contributed by atoms with van der Waals surface area (Å²) in [5.74, 6) is 0.934. The van der Waals surface area contributed by atoms with E-state index in [-0.39, 0.29) is 11.1 Å². The van der Waals surface area contributed by atoms with Crippen molar-refractivity contribution in [2.75, 3.05) is 30.5 Å². The predicted octanol–water partition coefficient (Wildman–Crippen LogP) is 7.55. The molecule has 33 heavy (non-hydrogen) atoms. The van der Waals surface area contributed by atoms with Crippen molar-refractivity contribution in [1.82, 2.24) is 5.01 Å². The fourth-order valence-corrected chi connectivity index (χ4v) is 4.83. The van der Waals surface area contributed by atoms with Gasteiger partial charge in [-0.15, -0.1) is 0 Å². The van der Waals surface area contributed by atoms with Crippen LogP contribution < -0.4 is 4.90 Å². The Balaban J connectivity index is 1.95. The Labute approximate surface area is 209 Å². The molecule has 0 aromatic heterocycles. The average molecular weight is 563 g/mol. The Hall–Kier alpha value is -1.71. The topological polar surface area (TPSA) is 35.9 Å². The van der Waals surface area contributed by atoms with Gasteiger partial charge in [0.15, 0.2) is 0 Å². The molecule has 1 aliphatic heterocycles. The van der Waals surface area contributed by atoms with E-state index in [1.165, 1.54) is 22.0 Å². The molecule has 178 valence electrons. The first kappa shape index (κ1) is 25.9. The van der Waals surface area contributed by atoms with E-state index in [1.807, 2.05) is 37.4 Å². The lowest BCUT2D eigenvalue weighted by atomic mass is 9.78. The molecule has 0 radical (unpaired) electrons. The van der Waals surface area contributed by atoms with Crippen LogP contribution in [0.5, 0.6) is 0 Å². The Bertz CT molecular complexity index is 1050. The van der Waals surface area contributed by atoms with Crippen LogP contribution in [0, 0.1) is 5.41 Å². The standard InChI is InChI=1S/C23H24BrClF3N3OS/c1-22(11-4-12-33-3)14-31(21(32)30(2)17-8-6-16(24)7-9-17)29-20(22)15-5-10-18(19(25)13-15)23(26,27)28/h5-10,13H,4,11-12,14H2,1-3H3. The molecule has 1 aliphatic rings. The van der Waals surface area contributed by atoms with Crippen LogP contribution in [0.1, 0.15) is 30.9 Å². The van der Waals surface area contributed by atoms with E-state index >= 15 is 0 Å². The van der Waals surface area contributed by atoms with E-state index in [9.17, 15) is 18.0 Å². The van der Waals surface area contributed by atoms with Crippen LogP contribution >= 0.6 is 39.3 Å². The number of carbonyl (C=O) groups excluding carboxylic acids is 1. The minimum Gasteiger partial charge on any atom is -0.296 e. The smallest absolute Gasteiger partial charge is 0.296 e. The molecule has 0 aliphatic carbocycles. The van der Waals surface area contributed by atoms with Crippen molar-refractivity contribution >= 4 is 56.7 Å². The fourth-order valence-electron chi connectivity index (χ4n) is 3.84. The number of rotatable bonds is 6. The van der Waals surface area contributed by atoms with Crippen LogP contribution in [-0.4, -0.2) is 42.4 Å². The summed E-state index contributed by atoms with van der Waals surface area (Å²) in [5, 5.41) is 5.60. The van der Waals surface area contributed by atoms with Crippen molar-refractivity contribution in [3.05, 3.63) is 63.1 Å². The number of carbonyl (C=O) groups is 1. The molecule has 10 heteroatoms. The van der Waals surface area contributed by atoms with E-state index in [0.717, 1.165) is 29.1 Å². The van der Waals surface area contributed by atoms with Crippen molar-refractivity contribution in [2.45, 2.75) is 25.9 Å². The molecule has 0 spiro atoms. The number of thioether (sulfide) groups is 1. The highest BCUT2D eigenvalue weighted by Crippen LogP contribution is 2.40. The van der Waals surface area contributed by atoms with E-state index in [2.05, 4.69) is 21.0 Å². The predicted molar refractivity (Wildman–Crippen MR) is 133 cm³/mol. The molecule has 2 aromatic carbocycles. The van der Waals surface area contributed by atoms with Gasteiger partial charge in [0, 0.05) is 22.6 Å². The lowest BCUT2D eigenvalue weighted by molar-refractivity contribution is -0.137. The monoisotopic (exact) mass is 561 g/mol. The van der Waals surface area contributed by atoms with Crippen LogP contribution in [0.15, 0.2) is 52.0 Å². The molecular weight excluding hydrogens is 539 g/mol. The fraction of sp³-hybridized carbons (Fsp3) is 0.391. The summed E-state index contributed by atoms with van der Waals surface area (Å²) in [6, 6.07) is 10.6. The third-order valence-electron chi connectivity index (χ3n) is 5.64. The number of urea groups is 1. The van der Waals surface area contributed by atoms with Gasteiger partial charge in [-0.25, -0.2) is 9.80 Å². The summed E-state index contributed by atoms with van der Waals surface area (Å²) < 4.78 is 40.4. The van der Waals surface area contributed by atoms with Crippen molar-refractivity contribution < 1.29 is 18.0 Å². The van der Waals surface area contributed by atoms with Gasteiger partial charge in [0.25, 0.3) is 0 Å². The average Bonchev–Trinajstić information content (AvgIpc) is 3.10. The molecule has 1 atom stereocenters. The third kappa shape index (κ3) is 5.87. The number of halogens is 5. The van der Waals surface area contributed by atoms with Gasteiger partial charge in [0.05, 0.1) is 22.8 Å². The first-order chi connectivity index (χ1) is 15.5. The summed E-state index contributed by atoms with van der Waals surface area (Å²) >= 11 is 11.1. The van der Waals surface area contributed by atoms with E-state index in [4.69, 9.17) is 11.6 Å². The Morgan fingerprint density at radius 2 is 1.94 bits per heavy atom. The molecule has 0 fully saturated rings. The lowest BCUT2D eigenvalue weighted by Gasteiger charge is -2.28. The molecular formula is C23H24BrClF3N3OS. The van der Waals surface area contributed by atoms with Crippen LogP contribution in [-0.2, 0) is 6.18 Å². The first-order valence-corrected chi connectivity index (χ1v) is 12.8. The zero-order valence-electron chi connectivity index (χ0n) is 18.4. The summed E-state index contributed by atoms with van der Waals surface area (Å²) in [5.41, 5.74) is 0.347. The number of hydrogen-bond donors (Lipinski definition) is 0. The molecule has 0 bridgehead atoms. The van der Waals surface area contributed by atoms with Crippen LogP contribution in [0.2, 0.25) is 5.02 Å². The van der Waals surface area contributed by atoms with Gasteiger partial charge in [-0.3, -0.25) is 4.90 Å². The maximum atomic E-state index is 13.2. The highest BCUT2D eigenvalue weighted by atomic mass is 79.9. The van der Waals surface area contributed by atoms with Gasteiger partial charge < -0.3 is 0 Å².